The number of carbonyl (C=O) groups is 1. The molecule has 0 atom stereocenters. The van der Waals surface area contributed by atoms with Crippen LogP contribution in [0.5, 0.6) is 0 Å². The van der Waals surface area contributed by atoms with Gasteiger partial charge in [0.25, 0.3) is 0 Å². The molecule has 0 aliphatic rings. The molecule has 0 bridgehead atoms. The summed E-state index contributed by atoms with van der Waals surface area (Å²) in [5.74, 6) is -0.934. The van der Waals surface area contributed by atoms with Crippen molar-refractivity contribution in [2.24, 2.45) is 0 Å². The van der Waals surface area contributed by atoms with E-state index in [1.54, 1.807) is 30.5 Å². The third-order valence-corrected chi connectivity index (χ3v) is 3.83. The number of rotatable bonds is 3. The van der Waals surface area contributed by atoms with E-state index in [2.05, 4.69) is 25.9 Å². The van der Waals surface area contributed by atoms with Crippen molar-refractivity contribution < 1.29 is 13.9 Å². The zero-order valence-electron chi connectivity index (χ0n) is 10.8. The first kappa shape index (κ1) is 13.8. The topological polar surface area (TPSA) is 55.0 Å². The van der Waals surface area contributed by atoms with E-state index in [9.17, 15) is 9.18 Å². The maximum atomic E-state index is 13.7. The average Bonchev–Trinajstić information content (AvgIpc) is 2.94. The van der Waals surface area contributed by atoms with Crippen molar-refractivity contribution in [3.8, 4) is 0 Å². The van der Waals surface area contributed by atoms with Crippen molar-refractivity contribution in [3.05, 3.63) is 64.1 Å². The Kier molecular flexibility index (Phi) is 3.70. The summed E-state index contributed by atoms with van der Waals surface area (Å²) >= 11 is 3.24. The maximum Gasteiger partial charge on any atom is 0.339 e. The largest absolute Gasteiger partial charge is 0.457 e. The number of fused-ring (bicyclic) bond motifs is 1. The number of nitrogens with zero attached hydrogens (tertiary/aromatic N) is 1. The Morgan fingerprint density at radius 1 is 1.33 bits per heavy atom. The Morgan fingerprint density at radius 2 is 2.19 bits per heavy atom. The highest BCUT2D eigenvalue weighted by atomic mass is 79.9. The first-order valence-corrected chi connectivity index (χ1v) is 6.98. The highest BCUT2D eigenvalue weighted by Gasteiger charge is 2.14. The minimum atomic E-state index is -0.517. The highest BCUT2D eigenvalue weighted by Crippen LogP contribution is 2.22. The number of aromatic nitrogens is 2. The molecule has 1 aromatic carbocycles. The molecule has 2 aromatic heterocycles. The lowest BCUT2D eigenvalue weighted by molar-refractivity contribution is 0.0470. The summed E-state index contributed by atoms with van der Waals surface area (Å²) in [5.41, 5.74) is 1.32. The predicted octanol–water partition coefficient (Wildman–Crippen LogP) is 3.82. The van der Waals surface area contributed by atoms with Gasteiger partial charge in [-0.05, 0) is 24.3 Å². The second-order valence-corrected chi connectivity index (χ2v) is 5.23. The number of hydrogen-bond donors (Lipinski definition) is 1. The molecule has 0 saturated heterocycles. The van der Waals surface area contributed by atoms with Gasteiger partial charge in [-0.2, -0.15) is 0 Å². The van der Waals surface area contributed by atoms with Crippen LogP contribution in [0.4, 0.5) is 4.39 Å². The van der Waals surface area contributed by atoms with Crippen LogP contribution in [0.3, 0.4) is 0 Å². The smallest absolute Gasteiger partial charge is 0.339 e. The number of aromatic amines is 1. The van der Waals surface area contributed by atoms with E-state index >= 15 is 0 Å². The summed E-state index contributed by atoms with van der Waals surface area (Å²) in [4.78, 5) is 19.2. The maximum absolute atomic E-state index is 13.7. The molecule has 0 amide bonds. The first-order chi connectivity index (χ1) is 10.2. The number of nitrogens with one attached hydrogen (secondary N) is 1. The summed E-state index contributed by atoms with van der Waals surface area (Å²) in [6.07, 6.45) is 3.22. The van der Waals surface area contributed by atoms with Crippen molar-refractivity contribution in [3.63, 3.8) is 0 Å². The summed E-state index contributed by atoms with van der Waals surface area (Å²) in [5, 5.41) is 0.676. The van der Waals surface area contributed by atoms with Crippen LogP contribution in [0.15, 0.2) is 47.2 Å². The molecule has 0 unspecified atom stereocenters. The molecule has 106 valence electrons. The van der Waals surface area contributed by atoms with E-state index in [1.807, 2.05) is 0 Å². The number of esters is 1. The van der Waals surface area contributed by atoms with Crippen LogP contribution < -0.4 is 0 Å². The standard InChI is InChI=1S/C15H10BrFN2O2/c16-12-2-1-3-13(17)11(12)8-21-15(20)10-5-7-19-14-9(10)4-6-18-14/h1-7H,8H2,(H,18,19). The molecule has 0 radical (unpaired) electrons. The number of H-pyrrole nitrogens is 1. The lowest BCUT2D eigenvalue weighted by Crippen LogP contribution is -2.07. The van der Waals surface area contributed by atoms with Crippen LogP contribution in [-0.4, -0.2) is 15.9 Å². The second-order valence-electron chi connectivity index (χ2n) is 4.37. The van der Waals surface area contributed by atoms with Gasteiger partial charge in [-0.15, -0.1) is 0 Å². The number of carbonyl (C=O) groups excluding carboxylic acids is 1. The van der Waals surface area contributed by atoms with Crippen molar-refractivity contribution in [1.29, 1.82) is 0 Å². The number of benzene rings is 1. The lowest BCUT2D eigenvalue weighted by Gasteiger charge is -2.08. The minimum Gasteiger partial charge on any atom is -0.457 e. The van der Waals surface area contributed by atoms with E-state index in [0.29, 0.717) is 26.6 Å². The van der Waals surface area contributed by atoms with E-state index in [0.717, 1.165) is 0 Å². The Morgan fingerprint density at radius 3 is 3.00 bits per heavy atom. The molecule has 2 heterocycles. The molecule has 6 heteroatoms. The van der Waals surface area contributed by atoms with E-state index in [1.165, 1.54) is 12.3 Å². The number of ether oxygens (including phenoxy) is 1. The Bertz CT molecular complexity index is 796. The molecule has 0 aliphatic carbocycles. The van der Waals surface area contributed by atoms with E-state index in [-0.39, 0.29) is 6.61 Å². The minimum absolute atomic E-state index is 0.139. The van der Waals surface area contributed by atoms with Crippen LogP contribution in [0.2, 0.25) is 0 Å². The fraction of sp³-hybridized carbons (Fsp3) is 0.0667. The molecule has 21 heavy (non-hydrogen) atoms. The zero-order chi connectivity index (χ0) is 14.8. The predicted molar refractivity (Wildman–Crippen MR) is 79.3 cm³/mol. The summed E-state index contributed by atoms with van der Waals surface area (Å²) in [6, 6.07) is 7.93. The molecular formula is C15H10BrFN2O2. The number of hydrogen-bond acceptors (Lipinski definition) is 3. The van der Waals surface area contributed by atoms with Crippen LogP contribution >= 0.6 is 15.9 Å². The van der Waals surface area contributed by atoms with Crippen LogP contribution in [0.25, 0.3) is 11.0 Å². The molecule has 1 N–H and O–H groups in total. The average molecular weight is 349 g/mol. The molecule has 0 aliphatic heterocycles. The molecule has 0 saturated carbocycles. The van der Waals surface area contributed by atoms with Crippen molar-refractivity contribution in [2.75, 3.05) is 0 Å². The van der Waals surface area contributed by atoms with Gasteiger partial charge in [-0.1, -0.05) is 22.0 Å². The van der Waals surface area contributed by atoms with Crippen LogP contribution in [0, 0.1) is 5.82 Å². The monoisotopic (exact) mass is 348 g/mol. The van der Waals surface area contributed by atoms with Gasteiger partial charge in [0.15, 0.2) is 0 Å². The number of halogens is 2. The van der Waals surface area contributed by atoms with Crippen molar-refractivity contribution >= 4 is 32.9 Å². The summed E-state index contributed by atoms with van der Waals surface area (Å²) in [6.45, 7) is -0.139. The van der Waals surface area contributed by atoms with Crippen LogP contribution in [0.1, 0.15) is 15.9 Å². The van der Waals surface area contributed by atoms with E-state index < -0.39 is 11.8 Å². The quantitative estimate of drug-likeness (QED) is 0.732. The molecular weight excluding hydrogens is 339 g/mol. The Balaban J connectivity index is 1.83. The van der Waals surface area contributed by atoms with Gasteiger partial charge in [0.2, 0.25) is 0 Å². The summed E-state index contributed by atoms with van der Waals surface area (Å²) < 4.78 is 19.4. The van der Waals surface area contributed by atoms with Crippen molar-refractivity contribution in [1.82, 2.24) is 9.97 Å². The Labute approximate surface area is 128 Å². The zero-order valence-corrected chi connectivity index (χ0v) is 12.4. The van der Waals surface area contributed by atoms with Gasteiger partial charge in [-0.3, -0.25) is 0 Å². The van der Waals surface area contributed by atoms with Gasteiger partial charge in [0, 0.05) is 27.8 Å². The third kappa shape index (κ3) is 2.67. The lowest BCUT2D eigenvalue weighted by atomic mass is 10.2. The fourth-order valence-corrected chi connectivity index (χ4v) is 2.48. The van der Waals surface area contributed by atoms with E-state index in [4.69, 9.17) is 4.74 Å². The summed E-state index contributed by atoms with van der Waals surface area (Å²) in [7, 11) is 0. The van der Waals surface area contributed by atoms with Gasteiger partial charge in [0.1, 0.15) is 18.1 Å². The third-order valence-electron chi connectivity index (χ3n) is 3.09. The Hall–Kier alpha value is -2.21. The fourth-order valence-electron chi connectivity index (χ4n) is 2.02. The second kappa shape index (κ2) is 5.65. The molecule has 3 aromatic rings. The van der Waals surface area contributed by atoms with Crippen LogP contribution in [-0.2, 0) is 11.3 Å². The van der Waals surface area contributed by atoms with Gasteiger partial charge < -0.3 is 9.72 Å². The van der Waals surface area contributed by atoms with Crippen molar-refractivity contribution in [2.45, 2.75) is 6.61 Å². The van der Waals surface area contributed by atoms with Gasteiger partial charge in [0.05, 0.1) is 5.56 Å². The van der Waals surface area contributed by atoms with Gasteiger partial charge in [-0.25, -0.2) is 14.2 Å². The molecule has 0 fully saturated rings. The molecule has 3 rings (SSSR count). The number of pyridine rings is 1. The highest BCUT2D eigenvalue weighted by molar-refractivity contribution is 9.10. The molecule has 4 nitrogen and oxygen atoms in total. The SMILES string of the molecule is O=C(OCc1c(F)cccc1Br)c1ccnc2[nH]ccc12. The first-order valence-electron chi connectivity index (χ1n) is 6.19. The normalized spacial score (nSPS) is 10.8. The van der Waals surface area contributed by atoms with Gasteiger partial charge >= 0.3 is 5.97 Å². The molecule has 0 spiro atoms.